The summed E-state index contributed by atoms with van der Waals surface area (Å²) in [5.41, 5.74) is 5.32. The van der Waals surface area contributed by atoms with Crippen LogP contribution in [0.15, 0.2) is 24.8 Å². The number of hydrogen-bond acceptors (Lipinski definition) is 9. The largest absolute Gasteiger partial charge is 0.480 e. The van der Waals surface area contributed by atoms with E-state index >= 15 is 0 Å². The highest BCUT2D eigenvalue weighted by Gasteiger charge is 2.28. The van der Waals surface area contributed by atoms with E-state index in [2.05, 4.69) is 30.2 Å². The fraction of sp³-hybridized carbons (Fsp3) is 0.829. The van der Waals surface area contributed by atoms with Gasteiger partial charge >= 0.3 is 25.7 Å². The summed E-state index contributed by atoms with van der Waals surface area (Å²) in [7, 11) is -4.71. The van der Waals surface area contributed by atoms with Gasteiger partial charge in [0.2, 0.25) is 0 Å². The third-order valence-corrected chi connectivity index (χ3v) is 10.0. The average Bonchev–Trinajstić information content (AvgIpc) is 3.13. The highest BCUT2D eigenvalue weighted by molar-refractivity contribution is 7.47. The van der Waals surface area contributed by atoms with Crippen molar-refractivity contribution in [3.63, 3.8) is 0 Å². The minimum atomic E-state index is -4.71. The molecule has 0 spiro atoms. The lowest BCUT2D eigenvalue weighted by molar-refractivity contribution is -0.161. The molecule has 0 bridgehead atoms. The Balaban J connectivity index is 4.37. The van der Waals surface area contributed by atoms with E-state index in [-0.39, 0.29) is 19.4 Å². The molecule has 0 aromatic rings. The van der Waals surface area contributed by atoms with Crippen molar-refractivity contribution in [1.82, 2.24) is 0 Å². The van der Waals surface area contributed by atoms with Gasteiger partial charge in [-0.2, -0.15) is 0 Å². The second-order valence-corrected chi connectivity index (χ2v) is 15.7. The van der Waals surface area contributed by atoms with Gasteiger partial charge in [-0.1, -0.05) is 141 Å². The molecule has 0 fully saturated rings. The molecule has 0 aromatic carbocycles. The zero-order valence-electron chi connectivity index (χ0n) is 33.2. The molecule has 310 valence electrons. The molecule has 3 atom stereocenters. The normalized spacial score (nSPS) is 13.8. The van der Waals surface area contributed by atoms with E-state index in [1.54, 1.807) is 0 Å². The van der Waals surface area contributed by atoms with Gasteiger partial charge in [0.05, 0.1) is 13.2 Å². The minimum Gasteiger partial charge on any atom is -0.480 e. The summed E-state index contributed by atoms with van der Waals surface area (Å²) in [5, 5.41) is 8.87. The fourth-order valence-electron chi connectivity index (χ4n) is 5.75. The van der Waals surface area contributed by atoms with Crippen LogP contribution in [0.25, 0.3) is 0 Å². The van der Waals surface area contributed by atoms with E-state index < -0.39 is 51.1 Å². The van der Waals surface area contributed by atoms with Gasteiger partial charge < -0.3 is 25.2 Å². The van der Waals surface area contributed by atoms with Gasteiger partial charge in [0.15, 0.2) is 6.10 Å². The number of carbonyl (C=O) groups is 3. The van der Waals surface area contributed by atoms with Gasteiger partial charge in [-0.05, 0) is 51.4 Å². The SMILES string of the molecule is C=CCCCCCCCCCCCCCCCC(=O)OC[C@H](COP(=O)(O)OC[C@H](N)C(=O)O)OC(=O)CCCCCCC/C=C/CCCCCCC. The lowest BCUT2D eigenvalue weighted by Gasteiger charge is -2.20. The molecule has 0 rings (SSSR count). The van der Waals surface area contributed by atoms with Crippen LogP contribution in [0.1, 0.15) is 187 Å². The number of phosphoric ester groups is 1. The molecule has 0 aliphatic carbocycles. The third-order valence-electron chi connectivity index (χ3n) is 9.07. The molecule has 4 N–H and O–H groups in total. The quantitative estimate of drug-likeness (QED) is 0.0234. The van der Waals surface area contributed by atoms with Crippen LogP contribution in [-0.2, 0) is 37.5 Å². The van der Waals surface area contributed by atoms with E-state index in [9.17, 15) is 23.8 Å². The van der Waals surface area contributed by atoms with E-state index in [1.165, 1.54) is 89.9 Å². The van der Waals surface area contributed by atoms with Crippen LogP contribution in [-0.4, -0.2) is 59.9 Å². The molecule has 1 unspecified atom stereocenters. The average molecular weight is 774 g/mol. The van der Waals surface area contributed by atoms with Crippen LogP contribution in [0.5, 0.6) is 0 Å². The Morgan fingerprint density at radius 2 is 1.04 bits per heavy atom. The molecule has 0 saturated heterocycles. The van der Waals surface area contributed by atoms with Crippen molar-refractivity contribution in [3.8, 4) is 0 Å². The van der Waals surface area contributed by atoms with Gasteiger partial charge in [0.1, 0.15) is 12.6 Å². The number of esters is 2. The molecule has 0 amide bonds. The molecular weight excluding hydrogens is 697 g/mol. The first-order chi connectivity index (χ1) is 25.6. The van der Waals surface area contributed by atoms with Crippen LogP contribution < -0.4 is 5.73 Å². The number of aliphatic carboxylic acids is 1. The molecule has 11 nitrogen and oxygen atoms in total. The summed E-state index contributed by atoms with van der Waals surface area (Å²) in [4.78, 5) is 45.9. The molecule has 0 heterocycles. The molecule has 0 aliphatic heterocycles. The van der Waals surface area contributed by atoms with Crippen molar-refractivity contribution in [2.24, 2.45) is 5.73 Å². The Morgan fingerprint density at radius 3 is 1.51 bits per heavy atom. The highest BCUT2D eigenvalue weighted by Crippen LogP contribution is 2.43. The Hall–Kier alpha value is -2.04. The van der Waals surface area contributed by atoms with E-state index in [4.69, 9.17) is 24.8 Å². The first kappa shape index (κ1) is 51.0. The molecule has 12 heteroatoms. The Bertz CT molecular complexity index is 992. The number of carbonyl (C=O) groups excluding carboxylic acids is 2. The van der Waals surface area contributed by atoms with Crippen molar-refractivity contribution in [3.05, 3.63) is 24.8 Å². The van der Waals surface area contributed by atoms with Crippen molar-refractivity contribution >= 4 is 25.7 Å². The Morgan fingerprint density at radius 1 is 0.623 bits per heavy atom. The zero-order chi connectivity index (χ0) is 39.3. The second kappa shape index (κ2) is 36.9. The monoisotopic (exact) mass is 774 g/mol. The number of carboxylic acid groups (broad SMARTS) is 1. The summed E-state index contributed by atoms with van der Waals surface area (Å²) in [6, 6.07) is -1.52. The number of carboxylic acids is 1. The number of phosphoric acid groups is 1. The van der Waals surface area contributed by atoms with Gasteiger partial charge in [0.25, 0.3) is 0 Å². The predicted octanol–water partition coefficient (Wildman–Crippen LogP) is 10.7. The molecule has 53 heavy (non-hydrogen) atoms. The summed E-state index contributed by atoms with van der Waals surface area (Å²) in [5.74, 6) is -2.39. The summed E-state index contributed by atoms with van der Waals surface area (Å²) < 4.78 is 32.6. The van der Waals surface area contributed by atoms with Gasteiger partial charge in [-0.15, -0.1) is 6.58 Å². The Kier molecular flexibility index (Phi) is 35.5. The van der Waals surface area contributed by atoms with Gasteiger partial charge in [-0.25, -0.2) is 4.57 Å². The van der Waals surface area contributed by atoms with Crippen molar-refractivity contribution in [2.75, 3.05) is 19.8 Å². The van der Waals surface area contributed by atoms with Crippen molar-refractivity contribution < 1.29 is 47.5 Å². The fourth-order valence-corrected chi connectivity index (χ4v) is 6.52. The van der Waals surface area contributed by atoms with Crippen LogP contribution >= 0.6 is 7.82 Å². The van der Waals surface area contributed by atoms with E-state index in [1.807, 2.05) is 6.08 Å². The van der Waals surface area contributed by atoms with Gasteiger partial charge in [0, 0.05) is 12.8 Å². The van der Waals surface area contributed by atoms with Crippen LogP contribution in [0.4, 0.5) is 0 Å². The molecule has 0 aromatic heterocycles. The van der Waals surface area contributed by atoms with E-state index in [0.717, 1.165) is 64.2 Å². The molecule has 0 aliphatic rings. The number of ether oxygens (including phenoxy) is 2. The number of rotatable bonds is 40. The standard InChI is InChI=1S/C41H76NO10P/c1-3-5-7-9-11-13-15-17-19-21-22-24-26-28-30-32-39(43)49-34-37(35-50-53(47,48)51-36-38(42)41(45)46)52-40(44)33-31-29-27-25-23-20-18-16-14-12-10-8-6-4-2/h3,16,18,37-38H,1,4-15,17,19-36,42H2,2H3,(H,45,46)(H,47,48)/b18-16+/t37-,38+/m1/s1. The number of hydrogen-bond donors (Lipinski definition) is 3. The topological polar surface area (TPSA) is 172 Å². The Labute approximate surface area is 321 Å². The molecular formula is C41H76NO10P. The third kappa shape index (κ3) is 36.7. The first-order valence-corrected chi connectivity index (χ1v) is 22.3. The number of unbranched alkanes of at least 4 members (excludes halogenated alkanes) is 23. The van der Waals surface area contributed by atoms with Crippen LogP contribution in [0.3, 0.4) is 0 Å². The highest BCUT2D eigenvalue weighted by atomic mass is 31.2. The summed E-state index contributed by atoms with van der Waals surface area (Å²) in [6.45, 7) is 4.30. The zero-order valence-corrected chi connectivity index (χ0v) is 34.1. The number of nitrogens with two attached hydrogens (primary N) is 1. The smallest absolute Gasteiger partial charge is 0.472 e. The predicted molar refractivity (Wildman–Crippen MR) is 212 cm³/mol. The lowest BCUT2D eigenvalue weighted by Crippen LogP contribution is -2.34. The first-order valence-electron chi connectivity index (χ1n) is 20.8. The summed E-state index contributed by atoms with van der Waals surface area (Å²) >= 11 is 0. The lowest BCUT2D eigenvalue weighted by atomic mass is 10.0. The molecule has 0 radical (unpaired) electrons. The molecule has 0 saturated carbocycles. The maximum Gasteiger partial charge on any atom is 0.472 e. The second-order valence-electron chi connectivity index (χ2n) is 14.2. The van der Waals surface area contributed by atoms with E-state index in [0.29, 0.717) is 12.8 Å². The van der Waals surface area contributed by atoms with Gasteiger partial charge in [-0.3, -0.25) is 23.4 Å². The van der Waals surface area contributed by atoms with Crippen LogP contribution in [0.2, 0.25) is 0 Å². The minimum absolute atomic E-state index is 0.152. The maximum absolute atomic E-state index is 12.6. The van der Waals surface area contributed by atoms with Crippen molar-refractivity contribution in [2.45, 2.75) is 199 Å². The number of allylic oxidation sites excluding steroid dienone is 3. The van der Waals surface area contributed by atoms with Crippen molar-refractivity contribution in [1.29, 1.82) is 0 Å². The maximum atomic E-state index is 12.6. The summed E-state index contributed by atoms with van der Waals surface area (Å²) in [6.07, 6.45) is 35.6. The van der Waals surface area contributed by atoms with Crippen LogP contribution in [0, 0.1) is 0 Å².